The molecule has 0 aliphatic carbocycles. The second-order valence-electron chi connectivity index (χ2n) is 7.80. The maximum absolute atomic E-state index is 13.8. The van der Waals surface area contributed by atoms with Crippen LogP contribution in [-0.4, -0.2) is 38.5 Å². The molecule has 2 heterocycles. The van der Waals surface area contributed by atoms with Crippen LogP contribution < -0.4 is 29.1 Å². The summed E-state index contributed by atoms with van der Waals surface area (Å²) in [6.07, 6.45) is 1.76. The number of thiazole rings is 1. The first-order valence-corrected chi connectivity index (χ1v) is 12.7. The normalized spacial score (nSPS) is 15.3. The minimum atomic E-state index is -0.798. The Morgan fingerprint density at radius 1 is 1.11 bits per heavy atom. The third kappa shape index (κ3) is 4.70. The van der Waals surface area contributed by atoms with Gasteiger partial charge in [-0.05, 0) is 50.3 Å². The van der Waals surface area contributed by atoms with E-state index < -0.39 is 12.0 Å². The van der Waals surface area contributed by atoms with E-state index in [-0.39, 0.29) is 17.7 Å². The Balaban J connectivity index is 2.01. The average Bonchev–Trinajstić information content (AvgIpc) is 3.17. The quantitative estimate of drug-likeness (QED) is 0.402. The van der Waals surface area contributed by atoms with Gasteiger partial charge in [-0.15, -0.1) is 0 Å². The molecule has 0 fully saturated rings. The van der Waals surface area contributed by atoms with Crippen LogP contribution in [-0.2, 0) is 9.53 Å². The molecule has 1 aromatic heterocycles. The summed E-state index contributed by atoms with van der Waals surface area (Å²) in [7, 11) is 4.66. The van der Waals surface area contributed by atoms with E-state index in [0.29, 0.717) is 37.8 Å². The molecule has 3 aromatic rings. The highest BCUT2D eigenvalue weighted by Gasteiger charge is 2.35. The molecule has 1 aliphatic heterocycles. The first-order chi connectivity index (χ1) is 17.3. The number of benzene rings is 2. The van der Waals surface area contributed by atoms with Crippen LogP contribution in [0.1, 0.15) is 31.0 Å². The van der Waals surface area contributed by atoms with E-state index in [9.17, 15) is 9.59 Å². The molecule has 1 atom stereocenters. The average molecular weight is 573 g/mol. The molecule has 0 N–H and O–H groups in total. The van der Waals surface area contributed by atoms with Crippen LogP contribution in [0, 0.1) is 0 Å². The molecule has 36 heavy (non-hydrogen) atoms. The number of aromatic nitrogens is 1. The van der Waals surface area contributed by atoms with Gasteiger partial charge in [0.2, 0.25) is 0 Å². The maximum Gasteiger partial charge on any atom is 0.338 e. The van der Waals surface area contributed by atoms with Crippen LogP contribution >= 0.6 is 27.3 Å². The standard InChI is InChI=1S/C26H25BrN2O6S/c1-6-35-25(31)22-14(2)28-26-29(23(22)18-9-8-17(32-3)13-20(18)34-5)24(30)21(36-26)12-15-11-16(27)7-10-19(15)33-4/h7-13,23H,6H2,1-5H3/b21-12-. The largest absolute Gasteiger partial charge is 0.497 e. The number of fused-ring (bicyclic) bond motifs is 1. The van der Waals surface area contributed by atoms with E-state index in [0.717, 1.165) is 10.0 Å². The molecule has 0 radical (unpaired) electrons. The maximum atomic E-state index is 13.8. The minimum Gasteiger partial charge on any atom is -0.497 e. The fraction of sp³-hybridized carbons (Fsp3) is 0.269. The molecule has 0 saturated heterocycles. The zero-order valence-electron chi connectivity index (χ0n) is 20.5. The molecular weight excluding hydrogens is 548 g/mol. The van der Waals surface area contributed by atoms with Gasteiger partial charge >= 0.3 is 5.97 Å². The van der Waals surface area contributed by atoms with Crippen molar-refractivity contribution in [2.75, 3.05) is 27.9 Å². The van der Waals surface area contributed by atoms with Gasteiger partial charge in [0.05, 0.1) is 43.7 Å². The van der Waals surface area contributed by atoms with Crippen molar-refractivity contribution in [3.05, 3.63) is 83.0 Å². The predicted molar refractivity (Wildman–Crippen MR) is 141 cm³/mol. The number of halogens is 1. The molecule has 0 saturated carbocycles. The van der Waals surface area contributed by atoms with Crippen molar-refractivity contribution in [2.45, 2.75) is 19.9 Å². The van der Waals surface area contributed by atoms with Crippen molar-refractivity contribution in [3.8, 4) is 17.2 Å². The van der Waals surface area contributed by atoms with Gasteiger partial charge in [-0.1, -0.05) is 27.3 Å². The summed E-state index contributed by atoms with van der Waals surface area (Å²) in [4.78, 5) is 32.0. The molecule has 4 rings (SSSR count). The Bertz CT molecular complexity index is 1540. The minimum absolute atomic E-state index is 0.190. The third-order valence-electron chi connectivity index (χ3n) is 5.73. The Morgan fingerprint density at radius 2 is 1.86 bits per heavy atom. The molecule has 0 amide bonds. The molecule has 1 aliphatic rings. The number of allylic oxidation sites excluding steroid dienone is 1. The van der Waals surface area contributed by atoms with Crippen molar-refractivity contribution in [1.82, 2.24) is 4.57 Å². The van der Waals surface area contributed by atoms with Gasteiger partial charge in [-0.3, -0.25) is 9.36 Å². The van der Waals surface area contributed by atoms with Gasteiger partial charge in [0, 0.05) is 21.7 Å². The lowest BCUT2D eigenvalue weighted by molar-refractivity contribution is -0.139. The van der Waals surface area contributed by atoms with Crippen LogP contribution in [0.15, 0.2) is 61.9 Å². The lowest BCUT2D eigenvalue weighted by Crippen LogP contribution is -2.40. The van der Waals surface area contributed by atoms with Crippen molar-refractivity contribution in [2.24, 2.45) is 4.99 Å². The summed E-state index contributed by atoms with van der Waals surface area (Å²) in [6.45, 7) is 3.66. The second kappa shape index (κ2) is 10.7. The van der Waals surface area contributed by atoms with Crippen molar-refractivity contribution in [3.63, 3.8) is 0 Å². The van der Waals surface area contributed by atoms with E-state index in [2.05, 4.69) is 20.9 Å². The molecule has 1 unspecified atom stereocenters. The van der Waals surface area contributed by atoms with Gasteiger partial charge in [0.15, 0.2) is 4.80 Å². The second-order valence-corrected chi connectivity index (χ2v) is 9.72. The first kappa shape index (κ1) is 25.7. The number of rotatable bonds is 7. The Labute approximate surface area is 220 Å². The van der Waals surface area contributed by atoms with E-state index >= 15 is 0 Å². The lowest BCUT2D eigenvalue weighted by Gasteiger charge is -2.26. The van der Waals surface area contributed by atoms with E-state index in [4.69, 9.17) is 18.9 Å². The van der Waals surface area contributed by atoms with Gasteiger partial charge in [-0.2, -0.15) is 0 Å². The van der Waals surface area contributed by atoms with E-state index in [1.807, 2.05) is 18.2 Å². The fourth-order valence-electron chi connectivity index (χ4n) is 4.09. The summed E-state index contributed by atoms with van der Waals surface area (Å²) in [6, 6.07) is 10.0. The van der Waals surface area contributed by atoms with Crippen LogP contribution in [0.3, 0.4) is 0 Å². The zero-order chi connectivity index (χ0) is 26.0. The predicted octanol–water partition coefficient (Wildman–Crippen LogP) is 3.59. The molecule has 8 nitrogen and oxygen atoms in total. The van der Waals surface area contributed by atoms with Crippen molar-refractivity contribution >= 4 is 39.3 Å². The van der Waals surface area contributed by atoms with Gasteiger partial charge in [0.25, 0.3) is 5.56 Å². The topological polar surface area (TPSA) is 88.4 Å². The SMILES string of the molecule is CCOC(=O)C1=C(C)N=c2s/c(=C\c3cc(Br)ccc3OC)c(=O)n2C1c1ccc(OC)cc1OC. The van der Waals surface area contributed by atoms with Crippen molar-refractivity contribution < 1.29 is 23.7 Å². The van der Waals surface area contributed by atoms with E-state index in [1.165, 1.54) is 23.0 Å². The monoisotopic (exact) mass is 572 g/mol. The highest BCUT2D eigenvalue weighted by atomic mass is 79.9. The number of nitrogens with zero attached hydrogens (tertiary/aromatic N) is 2. The first-order valence-electron chi connectivity index (χ1n) is 11.1. The summed E-state index contributed by atoms with van der Waals surface area (Å²) in [5, 5.41) is 0. The zero-order valence-corrected chi connectivity index (χ0v) is 22.9. The van der Waals surface area contributed by atoms with Crippen molar-refractivity contribution in [1.29, 1.82) is 0 Å². The summed E-state index contributed by atoms with van der Waals surface area (Å²) < 4.78 is 24.6. The van der Waals surface area contributed by atoms with Crippen LogP contribution in [0.5, 0.6) is 17.2 Å². The van der Waals surface area contributed by atoms with Gasteiger partial charge < -0.3 is 18.9 Å². The lowest BCUT2D eigenvalue weighted by atomic mass is 9.95. The summed E-state index contributed by atoms with van der Waals surface area (Å²) in [5.41, 5.74) is 1.81. The third-order valence-corrected chi connectivity index (χ3v) is 7.21. The Hall–Kier alpha value is -3.37. The smallest absolute Gasteiger partial charge is 0.338 e. The number of hydrogen-bond acceptors (Lipinski definition) is 8. The number of esters is 1. The van der Waals surface area contributed by atoms with Gasteiger partial charge in [0.1, 0.15) is 23.3 Å². The molecule has 188 valence electrons. The molecule has 2 aromatic carbocycles. The van der Waals surface area contributed by atoms with Gasteiger partial charge in [-0.25, -0.2) is 9.79 Å². The molecule has 0 spiro atoms. The number of methoxy groups -OCH3 is 3. The fourth-order valence-corrected chi connectivity index (χ4v) is 5.51. The molecule has 10 heteroatoms. The Kier molecular flexibility index (Phi) is 7.65. The Morgan fingerprint density at radius 3 is 2.53 bits per heavy atom. The highest BCUT2D eigenvalue weighted by Crippen LogP contribution is 2.37. The van der Waals surface area contributed by atoms with E-state index in [1.54, 1.807) is 52.3 Å². The summed E-state index contributed by atoms with van der Waals surface area (Å²) in [5.74, 6) is 1.15. The number of hydrogen-bond donors (Lipinski definition) is 0. The number of carbonyl (C=O) groups excluding carboxylic acids is 1. The molecule has 0 bridgehead atoms. The molecular formula is C26H25BrN2O6S. The van der Waals surface area contributed by atoms with Crippen LogP contribution in [0.2, 0.25) is 0 Å². The van der Waals surface area contributed by atoms with Crippen LogP contribution in [0.4, 0.5) is 0 Å². The highest BCUT2D eigenvalue weighted by molar-refractivity contribution is 9.10. The summed E-state index contributed by atoms with van der Waals surface area (Å²) >= 11 is 4.71. The van der Waals surface area contributed by atoms with Crippen LogP contribution in [0.25, 0.3) is 6.08 Å². The number of carbonyl (C=O) groups is 1. The number of ether oxygens (including phenoxy) is 4.